The van der Waals surface area contributed by atoms with Crippen molar-refractivity contribution in [1.82, 2.24) is 0 Å². The molecule has 20 heavy (non-hydrogen) atoms. The second kappa shape index (κ2) is 7.26. The molecule has 0 unspecified atom stereocenters. The molecule has 2 aromatic carbocycles. The molecule has 0 fully saturated rings. The third-order valence-electron chi connectivity index (χ3n) is 2.59. The van der Waals surface area contributed by atoms with Crippen LogP contribution in [0.4, 0.5) is 0 Å². The van der Waals surface area contributed by atoms with Gasteiger partial charge in [0.05, 0.1) is 10.0 Å². The molecule has 0 aliphatic carbocycles. The molecule has 0 spiro atoms. The number of hydrogen-bond acceptors (Lipinski definition) is 3. The van der Waals surface area contributed by atoms with Crippen LogP contribution in [0.2, 0.25) is 0 Å². The molecule has 2 aromatic rings. The molecule has 0 amide bonds. The predicted molar refractivity (Wildman–Crippen MR) is 87.5 cm³/mol. The molecular weight excluding hydrogens is 338 g/mol. The molecule has 3 nitrogen and oxygen atoms in total. The zero-order chi connectivity index (χ0) is 14.4. The van der Waals surface area contributed by atoms with E-state index in [1.165, 1.54) is 0 Å². The van der Waals surface area contributed by atoms with E-state index in [2.05, 4.69) is 15.9 Å². The summed E-state index contributed by atoms with van der Waals surface area (Å²) in [7, 11) is 0. The standard InChI is InChI=1S/C15H14BrNO2S/c16-12-6-2-4-8-14(12)19-10-9-18-13-7-3-1-5-11(13)15(17)20/h1-8H,9-10H2,(H2,17,20). The van der Waals surface area contributed by atoms with Crippen LogP contribution < -0.4 is 15.2 Å². The molecular formula is C15H14BrNO2S. The highest BCUT2D eigenvalue weighted by molar-refractivity contribution is 9.10. The molecule has 2 N–H and O–H groups in total. The van der Waals surface area contributed by atoms with E-state index < -0.39 is 0 Å². The summed E-state index contributed by atoms with van der Waals surface area (Å²) in [4.78, 5) is 0.326. The van der Waals surface area contributed by atoms with E-state index in [9.17, 15) is 0 Å². The Labute approximate surface area is 131 Å². The maximum absolute atomic E-state index is 5.65. The number of rotatable bonds is 6. The van der Waals surface area contributed by atoms with Crippen LogP contribution in [0.15, 0.2) is 53.0 Å². The Morgan fingerprint density at radius 1 is 0.950 bits per heavy atom. The Kier molecular flexibility index (Phi) is 5.38. The summed E-state index contributed by atoms with van der Waals surface area (Å²) >= 11 is 8.41. The minimum absolute atomic E-state index is 0.326. The molecule has 0 radical (unpaired) electrons. The number of halogens is 1. The van der Waals surface area contributed by atoms with Crippen molar-refractivity contribution in [2.45, 2.75) is 0 Å². The number of thiocarbonyl (C=S) groups is 1. The molecule has 0 saturated carbocycles. The van der Waals surface area contributed by atoms with Crippen molar-refractivity contribution in [2.24, 2.45) is 5.73 Å². The number of para-hydroxylation sites is 2. The Hall–Kier alpha value is -1.59. The maximum Gasteiger partial charge on any atom is 0.133 e. The van der Waals surface area contributed by atoms with Crippen LogP contribution in [-0.4, -0.2) is 18.2 Å². The van der Waals surface area contributed by atoms with Crippen LogP contribution in [0.1, 0.15) is 5.56 Å². The van der Waals surface area contributed by atoms with Gasteiger partial charge in [-0.15, -0.1) is 0 Å². The molecule has 0 atom stereocenters. The van der Waals surface area contributed by atoms with Gasteiger partial charge in [-0.05, 0) is 40.2 Å². The highest BCUT2D eigenvalue weighted by atomic mass is 79.9. The van der Waals surface area contributed by atoms with Crippen molar-refractivity contribution in [3.8, 4) is 11.5 Å². The monoisotopic (exact) mass is 351 g/mol. The lowest BCUT2D eigenvalue weighted by molar-refractivity contribution is 0.216. The zero-order valence-corrected chi connectivity index (χ0v) is 13.1. The topological polar surface area (TPSA) is 44.5 Å². The summed E-state index contributed by atoms with van der Waals surface area (Å²) in [5.74, 6) is 1.47. The van der Waals surface area contributed by atoms with Crippen LogP contribution in [-0.2, 0) is 0 Å². The van der Waals surface area contributed by atoms with Gasteiger partial charge in [-0.1, -0.05) is 36.5 Å². The molecule has 0 aromatic heterocycles. The third-order valence-corrected chi connectivity index (χ3v) is 3.46. The van der Waals surface area contributed by atoms with Crippen LogP contribution in [0, 0.1) is 0 Å². The van der Waals surface area contributed by atoms with Crippen LogP contribution in [0.5, 0.6) is 11.5 Å². The zero-order valence-electron chi connectivity index (χ0n) is 10.7. The summed E-state index contributed by atoms with van der Waals surface area (Å²) in [5, 5.41) is 0. The first-order chi connectivity index (χ1) is 9.68. The number of ether oxygens (including phenoxy) is 2. The predicted octanol–water partition coefficient (Wildman–Crippen LogP) is 3.54. The van der Waals surface area contributed by atoms with E-state index in [1.807, 2.05) is 48.5 Å². The Morgan fingerprint density at radius 3 is 2.15 bits per heavy atom. The second-order valence-electron chi connectivity index (χ2n) is 3.99. The van der Waals surface area contributed by atoms with Gasteiger partial charge in [0.25, 0.3) is 0 Å². The number of nitrogens with two attached hydrogens (primary N) is 1. The minimum Gasteiger partial charge on any atom is -0.489 e. The summed E-state index contributed by atoms with van der Waals surface area (Å²) in [6.45, 7) is 0.856. The summed E-state index contributed by atoms with van der Waals surface area (Å²) < 4.78 is 12.2. The second-order valence-corrected chi connectivity index (χ2v) is 5.28. The van der Waals surface area contributed by atoms with Gasteiger partial charge in [0.2, 0.25) is 0 Å². The van der Waals surface area contributed by atoms with E-state index in [4.69, 9.17) is 27.4 Å². The van der Waals surface area contributed by atoms with Gasteiger partial charge in [-0.3, -0.25) is 0 Å². The maximum atomic E-state index is 5.65. The van der Waals surface area contributed by atoms with E-state index in [-0.39, 0.29) is 0 Å². The van der Waals surface area contributed by atoms with Gasteiger partial charge in [-0.2, -0.15) is 0 Å². The van der Waals surface area contributed by atoms with E-state index >= 15 is 0 Å². The highest BCUT2D eigenvalue weighted by Gasteiger charge is 2.05. The van der Waals surface area contributed by atoms with Crippen molar-refractivity contribution in [3.05, 3.63) is 58.6 Å². The van der Waals surface area contributed by atoms with Crippen molar-refractivity contribution >= 4 is 33.1 Å². The van der Waals surface area contributed by atoms with Gasteiger partial charge in [0.1, 0.15) is 29.7 Å². The molecule has 0 heterocycles. The van der Waals surface area contributed by atoms with Gasteiger partial charge >= 0.3 is 0 Å². The third kappa shape index (κ3) is 3.95. The van der Waals surface area contributed by atoms with Crippen LogP contribution in [0.3, 0.4) is 0 Å². The molecule has 0 aliphatic rings. The molecule has 104 valence electrons. The Bertz CT molecular complexity index is 604. The first-order valence-corrected chi connectivity index (χ1v) is 7.27. The van der Waals surface area contributed by atoms with Gasteiger partial charge < -0.3 is 15.2 Å². The largest absolute Gasteiger partial charge is 0.489 e. The average molecular weight is 352 g/mol. The summed E-state index contributed by atoms with van der Waals surface area (Å²) in [6, 6.07) is 15.1. The quantitative estimate of drug-likeness (QED) is 0.638. The van der Waals surface area contributed by atoms with Gasteiger partial charge in [0.15, 0.2) is 0 Å². The first-order valence-electron chi connectivity index (χ1n) is 6.07. The Balaban J connectivity index is 1.88. The molecule has 0 bridgehead atoms. The summed E-state index contributed by atoms with van der Waals surface area (Å²) in [5.41, 5.74) is 6.38. The smallest absolute Gasteiger partial charge is 0.133 e. The number of benzene rings is 2. The minimum atomic E-state index is 0.326. The summed E-state index contributed by atoms with van der Waals surface area (Å²) in [6.07, 6.45) is 0. The van der Waals surface area contributed by atoms with Crippen molar-refractivity contribution in [1.29, 1.82) is 0 Å². The fraction of sp³-hybridized carbons (Fsp3) is 0.133. The molecule has 0 aliphatic heterocycles. The van der Waals surface area contributed by atoms with Crippen molar-refractivity contribution in [2.75, 3.05) is 13.2 Å². The first kappa shape index (κ1) is 14.8. The van der Waals surface area contributed by atoms with Crippen molar-refractivity contribution in [3.63, 3.8) is 0 Å². The average Bonchev–Trinajstić information content (AvgIpc) is 2.45. The van der Waals surface area contributed by atoms with Crippen LogP contribution in [0.25, 0.3) is 0 Å². The molecule has 0 saturated heterocycles. The lowest BCUT2D eigenvalue weighted by Crippen LogP contribution is -2.14. The van der Waals surface area contributed by atoms with Gasteiger partial charge in [-0.25, -0.2) is 0 Å². The normalized spacial score (nSPS) is 10.1. The Morgan fingerprint density at radius 2 is 1.50 bits per heavy atom. The van der Waals surface area contributed by atoms with E-state index in [1.54, 1.807) is 0 Å². The van der Waals surface area contributed by atoms with Crippen LogP contribution >= 0.6 is 28.1 Å². The van der Waals surface area contributed by atoms with E-state index in [0.717, 1.165) is 15.8 Å². The van der Waals surface area contributed by atoms with E-state index in [0.29, 0.717) is 24.0 Å². The fourth-order valence-electron chi connectivity index (χ4n) is 1.66. The number of hydrogen-bond donors (Lipinski definition) is 1. The lowest BCUT2D eigenvalue weighted by Gasteiger charge is -2.11. The highest BCUT2D eigenvalue weighted by Crippen LogP contribution is 2.23. The molecule has 5 heteroatoms. The SMILES string of the molecule is NC(=S)c1ccccc1OCCOc1ccccc1Br. The molecule has 2 rings (SSSR count). The lowest BCUT2D eigenvalue weighted by atomic mass is 10.2. The fourth-order valence-corrected chi connectivity index (χ4v) is 2.23. The van der Waals surface area contributed by atoms with Crippen molar-refractivity contribution < 1.29 is 9.47 Å². The van der Waals surface area contributed by atoms with Gasteiger partial charge in [0, 0.05) is 0 Å².